The Balaban J connectivity index is 1.12. The Morgan fingerprint density at radius 1 is 1.11 bits per heavy atom. The maximum Gasteiger partial charge on any atom is 0.350 e. The van der Waals surface area contributed by atoms with Crippen LogP contribution in [0.2, 0.25) is 0 Å². The Hall–Kier alpha value is -2.45. The first-order chi connectivity index (χ1) is 16.9. The van der Waals surface area contributed by atoms with Crippen molar-refractivity contribution in [1.82, 2.24) is 9.80 Å². The van der Waals surface area contributed by atoms with Crippen LogP contribution in [0, 0.1) is 18.3 Å². The van der Waals surface area contributed by atoms with E-state index in [1.54, 1.807) is 0 Å². The zero-order chi connectivity index (χ0) is 24.6. The van der Waals surface area contributed by atoms with Gasteiger partial charge in [-0.1, -0.05) is 24.3 Å². The van der Waals surface area contributed by atoms with Gasteiger partial charge in [-0.25, -0.2) is 4.79 Å². The molecule has 3 aliphatic rings. The fourth-order valence-electron chi connectivity index (χ4n) is 5.95. The highest BCUT2D eigenvalue weighted by molar-refractivity contribution is 7.80. The Morgan fingerprint density at radius 3 is 2.37 bits per heavy atom. The first-order valence-electron chi connectivity index (χ1n) is 12.4. The molecule has 3 heterocycles. The van der Waals surface area contributed by atoms with Gasteiger partial charge in [-0.15, -0.1) is 11.3 Å². The summed E-state index contributed by atoms with van der Waals surface area (Å²) in [5.41, 5.74) is 4.77. The molecule has 2 aliphatic heterocycles. The lowest BCUT2D eigenvalue weighted by Crippen LogP contribution is -2.45. The number of carbonyl (C=O) groups is 2. The minimum Gasteiger partial charge on any atom is -0.465 e. The van der Waals surface area contributed by atoms with Crippen molar-refractivity contribution in [1.29, 1.82) is 0 Å². The molecule has 0 saturated carbocycles. The Morgan fingerprint density at radius 2 is 1.74 bits per heavy atom. The summed E-state index contributed by atoms with van der Waals surface area (Å²) in [6.45, 7) is 5.44. The number of esters is 1. The molecule has 186 valence electrons. The normalized spacial score (nSPS) is 19.1. The van der Waals surface area contributed by atoms with E-state index in [0.29, 0.717) is 28.2 Å². The number of hydrogen-bond donors (Lipinski definition) is 1. The number of amides is 1. The lowest BCUT2D eigenvalue weighted by Gasteiger charge is -2.39. The molecule has 0 bridgehead atoms. The van der Waals surface area contributed by atoms with Crippen LogP contribution in [0.15, 0.2) is 29.6 Å². The largest absolute Gasteiger partial charge is 0.465 e. The molecular weight excluding hydrogens is 478 g/mol. The van der Waals surface area contributed by atoms with E-state index in [2.05, 4.69) is 39.4 Å². The average Bonchev–Trinajstić information content (AvgIpc) is 3.56. The minimum absolute atomic E-state index is 0.209. The van der Waals surface area contributed by atoms with Crippen LogP contribution < -0.4 is 5.32 Å². The number of thiophene rings is 1. The van der Waals surface area contributed by atoms with Crippen molar-refractivity contribution >= 4 is 46.2 Å². The van der Waals surface area contributed by atoms with Crippen LogP contribution in [-0.4, -0.2) is 60.1 Å². The summed E-state index contributed by atoms with van der Waals surface area (Å²) in [4.78, 5) is 30.0. The highest BCUT2D eigenvalue weighted by atomic mass is 32.1. The molecule has 1 amide bonds. The Bertz CT molecular complexity index is 1110. The van der Waals surface area contributed by atoms with E-state index in [-0.39, 0.29) is 11.4 Å². The maximum absolute atomic E-state index is 13.1. The molecule has 2 fully saturated rings. The van der Waals surface area contributed by atoms with Crippen LogP contribution in [0.25, 0.3) is 0 Å². The molecule has 1 N–H and O–H groups in total. The van der Waals surface area contributed by atoms with Crippen LogP contribution in [-0.2, 0) is 22.4 Å². The third-order valence-corrected chi connectivity index (χ3v) is 9.52. The number of rotatable bonds is 4. The second-order valence-corrected chi connectivity index (χ2v) is 11.6. The topological polar surface area (TPSA) is 61.9 Å². The van der Waals surface area contributed by atoms with Gasteiger partial charge in [0.2, 0.25) is 5.91 Å². The van der Waals surface area contributed by atoms with Crippen LogP contribution in [0.1, 0.15) is 52.0 Å². The average molecular weight is 512 g/mol. The van der Waals surface area contributed by atoms with Crippen molar-refractivity contribution in [3.05, 3.63) is 51.2 Å². The van der Waals surface area contributed by atoms with E-state index in [4.69, 9.17) is 17.0 Å². The number of anilines is 1. The molecule has 2 saturated heterocycles. The first kappa shape index (κ1) is 24.3. The van der Waals surface area contributed by atoms with Gasteiger partial charge >= 0.3 is 5.97 Å². The number of piperidine rings is 1. The van der Waals surface area contributed by atoms with Crippen LogP contribution in [0.4, 0.5) is 5.69 Å². The van der Waals surface area contributed by atoms with Crippen LogP contribution in [0.5, 0.6) is 0 Å². The minimum atomic E-state index is -0.343. The second-order valence-electron chi connectivity index (χ2n) is 10.3. The van der Waals surface area contributed by atoms with E-state index >= 15 is 0 Å². The summed E-state index contributed by atoms with van der Waals surface area (Å²) in [5.74, 6) is 0.412. The van der Waals surface area contributed by atoms with Crippen LogP contribution in [0.3, 0.4) is 0 Å². The predicted octanol–water partition coefficient (Wildman–Crippen LogP) is 4.66. The second kappa shape index (κ2) is 9.90. The number of nitrogens with one attached hydrogen (secondary N) is 1. The third kappa shape index (κ3) is 4.96. The van der Waals surface area contributed by atoms with Gasteiger partial charge in [0.15, 0.2) is 5.11 Å². The van der Waals surface area contributed by atoms with E-state index in [9.17, 15) is 9.59 Å². The summed E-state index contributed by atoms with van der Waals surface area (Å²) in [6.07, 6.45) is 5.84. The zero-order valence-corrected chi connectivity index (χ0v) is 22.1. The molecule has 0 unspecified atom stereocenters. The Kier molecular flexibility index (Phi) is 6.86. The molecular formula is C27H33N3O3S2. The number of thiocarbonyl (C=S) groups is 1. The number of hydrogen-bond acceptors (Lipinski definition) is 5. The fourth-order valence-corrected chi connectivity index (χ4v) is 7.13. The number of methoxy groups -OCH3 is 1. The molecule has 1 aromatic carbocycles. The van der Waals surface area contributed by atoms with Gasteiger partial charge < -0.3 is 19.9 Å². The molecule has 1 aromatic heterocycles. The first-order valence-corrected chi connectivity index (χ1v) is 13.7. The van der Waals surface area contributed by atoms with Gasteiger partial charge in [0.25, 0.3) is 0 Å². The molecule has 2 aromatic rings. The smallest absolute Gasteiger partial charge is 0.350 e. The predicted molar refractivity (Wildman–Crippen MR) is 143 cm³/mol. The monoisotopic (exact) mass is 511 g/mol. The summed E-state index contributed by atoms with van der Waals surface area (Å²) >= 11 is 7.11. The maximum atomic E-state index is 13.1. The quantitative estimate of drug-likeness (QED) is 0.476. The van der Waals surface area contributed by atoms with Gasteiger partial charge in [0.05, 0.1) is 12.8 Å². The van der Waals surface area contributed by atoms with Crippen molar-refractivity contribution in [2.45, 2.75) is 45.4 Å². The Labute approximate surface area is 216 Å². The number of likely N-dealkylation sites (tertiary alicyclic amines) is 2. The summed E-state index contributed by atoms with van der Waals surface area (Å²) in [7, 11) is 1.40. The number of fused-ring (bicyclic) bond motifs is 1. The standard InChI is InChI=1S/C27H33N3O3S2/c1-18-16-35-24(25(32)33-2)23(18)28-26(34)30-12-9-27(17-30)7-10-29(11-8-27)22(31)15-19-13-20-5-3-4-6-21(20)14-19/h3-6,16,19H,7-15,17H2,1-2H3,(H,28,34). The van der Waals surface area contributed by atoms with Crippen molar-refractivity contribution in [2.24, 2.45) is 11.3 Å². The number of ether oxygens (including phenoxy) is 1. The van der Waals surface area contributed by atoms with Gasteiger partial charge in [-0.2, -0.15) is 0 Å². The number of nitrogens with zero attached hydrogens (tertiary/aromatic N) is 2. The van der Waals surface area contributed by atoms with Crippen molar-refractivity contribution < 1.29 is 14.3 Å². The lowest BCUT2D eigenvalue weighted by atomic mass is 9.77. The summed E-state index contributed by atoms with van der Waals surface area (Å²) in [5, 5.41) is 5.92. The molecule has 8 heteroatoms. The molecule has 0 atom stereocenters. The summed E-state index contributed by atoms with van der Waals surface area (Å²) in [6, 6.07) is 8.59. The van der Waals surface area contributed by atoms with Gasteiger partial charge in [-0.3, -0.25) is 4.79 Å². The molecule has 0 radical (unpaired) electrons. The number of aryl methyl sites for hydroxylation is 1. The lowest BCUT2D eigenvalue weighted by molar-refractivity contribution is -0.134. The number of carbonyl (C=O) groups excluding carboxylic acids is 2. The van der Waals surface area contributed by atoms with Crippen molar-refractivity contribution in [3.63, 3.8) is 0 Å². The van der Waals surface area contributed by atoms with E-state index in [0.717, 1.165) is 69.5 Å². The molecule has 35 heavy (non-hydrogen) atoms. The van der Waals surface area contributed by atoms with Gasteiger partial charge in [0.1, 0.15) is 4.88 Å². The van der Waals surface area contributed by atoms with Crippen molar-refractivity contribution in [3.8, 4) is 0 Å². The highest BCUT2D eigenvalue weighted by Gasteiger charge is 2.42. The zero-order valence-electron chi connectivity index (χ0n) is 20.5. The molecule has 1 spiro atoms. The number of benzene rings is 1. The van der Waals surface area contributed by atoms with Crippen LogP contribution >= 0.6 is 23.6 Å². The van der Waals surface area contributed by atoms with E-state index in [1.807, 2.05) is 12.3 Å². The molecule has 5 rings (SSSR count). The van der Waals surface area contributed by atoms with Gasteiger partial charge in [0, 0.05) is 32.6 Å². The highest BCUT2D eigenvalue weighted by Crippen LogP contribution is 2.41. The fraction of sp³-hybridized carbons (Fsp3) is 0.519. The van der Waals surface area contributed by atoms with Gasteiger partial charge in [-0.05, 0) is 84.6 Å². The molecule has 1 aliphatic carbocycles. The SMILES string of the molecule is COC(=O)c1scc(C)c1NC(=S)N1CCC2(CCN(C(=O)CC3Cc4ccccc4C3)CC2)C1. The van der Waals surface area contributed by atoms with E-state index < -0.39 is 0 Å². The summed E-state index contributed by atoms with van der Waals surface area (Å²) < 4.78 is 4.92. The molecule has 6 nitrogen and oxygen atoms in total. The van der Waals surface area contributed by atoms with Crippen molar-refractivity contribution in [2.75, 3.05) is 38.6 Å². The third-order valence-electron chi connectivity index (χ3n) is 8.08. The van der Waals surface area contributed by atoms with E-state index in [1.165, 1.54) is 29.6 Å².